The van der Waals surface area contributed by atoms with E-state index >= 15 is 0 Å². The van der Waals surface area contributed by atoms with E-state index in [1.54, 1.807) is 0 Å². The van der Waals surface area contributed by atoms with Crippen molar-refractivity contribution < 1.29 is 24.2 Å². The molecule has 92 valence electrons. The van der Waals surface area contributed by atoms with Gasteiger partial charge in [-0.05, 0) is 25.7 Å². The molecule has 0 aromatic heterocycles. The Hall–Kier alpha value is -0.880. The van der Waals surface area contributed by atoms with E-state index < -0.39 is 0 Å². The van der Waals surface area contributed by atoms with Gasteiger partial charge in [-0.25, -0.2) is 0 Å². The molecule has 0 spiro atoms. The zero-order chi connectivity index (χ0) is 11.2. The molecule has 0 radical (unpaired) electrons. The third-order valence-corrected chi connectivity index (χ3v) is 2.78. The first kappa shape index (κ1) is 11.6. The van der Waals surface area contributed by atoms with Crippen molar-refractivity contribution in [1.82, 2.24) is 0 Å². The molecule has 0 aromatic carbocycles. The molecular weight excluding hydrogens is 214 g/mol. The molecule has 0 amide bonds. The van der Waals surface area contributed by atoms with Gasteiger partial charge in [0.25, 0.3) is 0 Å². The normalized spacial score (nSPS) is 29.2. The molecule has 0 aromatic rings. The topological polar surface area (TPSA) is 57.0 Å². The highest BCUT2D eigenvalue weighted by Crippen LogP contribution is 2.13. The van der Waals surface area contributed by atoms with Gasteiger partial charge in [-0.1, -0.05) is 0 Å². The second kappa shape index (κ2) is 6.00. The maximum Gasteiger partial charge on any atom is 0.477 e. The molecular formula is C10H18NO5+. The Morgan fingerprint density at radius 3 is 1.88 bits per heavy atom. The van der Waals surface area contributed by atoms with Gasteiger partial charge >= 0.3 is 5.09 Å². The van der Waals surface area contributed by atoms with Crippen LogP contribution in [0.25, 0.3) is 0 Å². The second-order valence-corrected chi connectivity index (χ2v) is 4.09. The Bertz CT molecular complexity index is 201. The molecule has 2 rings (SSSR count). The van der Waals surface area contributed by atoms with Crippen LogP contribution in [0.4, 0.5) is 0 Å². The molecule has 0 bridgehead atoms. The third-order valence-electron chi connectivity index (χ3n) is 2.78. The lowest BCUT2D eigenvalue weighted by atomic mass is 10.2. The van der Waals surface area contributed by atoms with Crippen LogP contribution in [-0.2, 0) is 19.1 Å². The number of nitrogens with zero attached hydrogens (tertiary/aromatic N) is 1. The molecule has 0 aliphatic carbocycles. The SMILES string of the molecule is O=[N+](OCC1CCCO1)OCC1CCCO1. The van der Waals surface area contributed by atoms with Crippen LogP contribution in [0.1, 0.15) is 25.7 Å². The Balaban J connectivity index is 1.53. The first-order valence-corrected chi connectivity index (χ1v) is 5.81. The van der Waals surface area contributed by atoms with Gasteiger partial charge in [0.05, 0.1) is 12.2 Å². The van der Waals surface area contributed by atoms with Crippen molar-refractivity contribution in [2.24, 2.45) is 0 Å². The Labute approximate surface area is 94.3 Å². The van der Waals surface area contributed by atoms with Gasteiger partial charge in [-0.15, -0.1) is 0 Å². The van der Waals surface area contributed by atoms with Crippen molar-refractivity contribution in [3.63, 3.8) is 0 Å². The Kier molecular flexibility index (Phi) is 4.35. The lowest BCUT2D eigenvalue weighted by Gasteiger charge is -2.05. The highest BCUT2D eigenvalue weighted by atomic mass is 17.0. The van der Waals surface area contributed by atoms with Gasteiger partial charge in [0, 0.05) is 13.2 Å². The standard InChI is InChI=1S/C10H18NO5/c12-11(15-7-9-3-1-5-13-9)16-8-10-4-2-6-14-10/h9-10H,1-8H2/q+1. The summed E-state index contributed by atoms with van der Waals surface area (Å²) in [7, 11) is 0. The summed E-state index contributed by atoms with van der Waals surface area (Å²) in [5, 5.41) is 0.170. The summed E-state index contributed by atoms with van der Waals surface area (Å²) in [5.74, 6) is 0. The van der Waals surface area contributed by atoms with E-state index in [-0.39, 0.29) is 30.5 Å². The van der Waals surface area contributed by atoms with Gasteiger partial charge in [0.2, 0.25) is 0 Å². The first-order valence-electron chi connectivity index (χ1n) is 5.81. The lowest BCUT2D eigenvalue weighted by molar-refractivity contribution is -0.982. The number of hydrogen-bond acceptors (Lipinski definition) is 5. The molecule has 0 saturated carbocycles. The van der Waals surface area contributed by atoms with Crippen molar-refractivity contribution in [1.29, 1.82) is 0 Å². The second-order valence-electron chi connectivity index (χ2n) is 4.09. The Morgan fingerprint density at radius 2 is 1.50 bits per heavy atom. The van der Waals surface area contributed by atoms with E-state index in [1.807, 2.05) is 0 Å². The largest absolute Gasteiger partial charge is 0.477 e. The van der Waals surface area contributed by atoms with Crippen LogP contribution in [0.2, 0.25) is 0 Å². The van der Waals surface area contributed by atoms with Crippen LogP contribution in [0.3, 0.4) is 0 Å². The minimum atomic E-state index is 0.0304. The van der Waals surface area contributed by atoms with Gasteiger partial charge in [-0.2, -0.15) is 9.68 Å². The lowest BCUT2D eigenvalue weighted by Crippen LogP contribution is -2.23. The number of ether oxygens (including phenoxy) is 2. The van der Waals surface area contributed by atoms with Crippen molar-refractivity contribution >= 4 is 0 Å². The molecule has 16 heavy (non-hydrogen) atoms. The van der Waals surface area contributed by atoms with E-state index in [2.05, 4.69) is 0 Å². The van der Waals surface area contributed by atoms with Gasteiger partial charge in [0.15, 0.2) is 13.2 Å². The monoisotopic (exact) mass is 232 g/mol. The summed E-state index contributed by atoms with van der Waals surface area (Å²) in [6, 6.07) is 0. The van der Waals surface area contributed by atoms with Crippen LogP contribution in [0.5, 0.6) is 0 Å². The highest BCUT2D eigenvalue weighted by molar-refractivity contribution is 4.62. The summed E-state index contributed by atoms with van der Waals surface area (Å²) in [4.78, 5) is 20.8. The maximum absolute atomic E-state index is 11.1. The smallest absolute Gasteiger partial charge is 0.374 e. The van der Waals surface area contributed by atoms with E-state index in [4.69, 9.17) is 19.1 Å². The van der Waals surface area contributed by atoms with Gasteiger partial charge in [-0.3, -0.25) is 0 Å². The van der Waals surface area contributed by atoms with Gasteiger partial charge in [0.1, 0.15) is 4.91 Å². The predicted molar refractivity (Wildman–Crippen MR) is 53.5 cm³/mol. The quantitative estimate of drug-likeness (QED) is 0.639. The minimum Gasteiger partial charge on any atom is -0.374 e. The summed E-state index contributed by atoms with van der Waals surface area (Å²) < 4.78 is 10.6. The molecule has 2 heterocycles. The van der Waals surface area contributed by atoms with Crippen LogP contribution in [0, 0.1) is 4.91 Å². The zero-order valence-electron chi connectivity index (χ0n) is 9.30. The summed E-state index contributed by atoms with van der Waals surface area (Å²) >= 11 is 0. The fourth-order valence-electron chi connectivity index (χ4n) is 1.88. The van der Waals surface area contributed by atoms with Crippen molar-refractivity contribution in [2.45, 2.75) is 37.9 Å². The average molecular weight is 232 g/mol. The molecule has 2 fully saturated rings. The number of hydrogen-bond donors (Lipinski definition) is 0. The van der Waals surface area contributed by atoms with Crippen molar-refractivity contribution in [3.05, 3.63) is 4.91 Å². The number of rotatable bonds is 6. The molecule has 2 saturated heterocycles. The van der Waals surface area contributed by atoms with E-state index in [1.165, 1.54) is 0 Å². The molecule has 2 unspecified atom stereocenters. The average Bonchev–Trinajstić information content (AvgIpc) is 2.96. The fourth-order valence-corrected chi connectivity index (χ4v) is 1.88. The molecule has 2 aliphatic heterocycles. The molecule has 6 heteroatoms. The molecule has 6 nitrogen and oxygen atoms in total. The van der Waals surface area contributed by atoms with E-state index in [9.17, 15) is 4.91 Å². The maximum atomic E-state index is 11.1. The summed E-state index contributed by atoms with van der Waals surface area (Å²) in [6.45, 7) is 2.03. The predicted octanol–water partition coefficient (Wildman–Crippen LogP) is 0.986. The zero-order valence-corrected chi connectivity index (χ0v) is 9.30. The highest BCUT2D eigenvalue weighted by Gasteiger charge is 2.25. The Morgan fingerprint density at radius 1 is 1.00 bits per heavy atom. The third kappa shape index (κ3) is 3.61. The fraction of sp³-hybridized carbons (Fsp3) is 1.00. The molecule has 0 N–H and O–H groups in total. The molecule has 2 aliphatic rings. The van der Waals surface area contributed by atoms with Crippen LogP contribution >= 0.6 is 0 Å². The van der Waals surface area contributed by atoms with Crippen LogP contribution in [-0.4, -0.2) is 43.7 Å². The van der Waals surface area contributed by atoms with Crippen LogP contribution < -0.4 is 0 Å². The van der Waals surface area contributed by atoms with E-state index in [0.29, 0.717) is 0 Å². The van der Waals surface area contributed by atoms with E-state index in [0.717, 1.165) is 38.9 Å². The van der Waals surface area contributed by atoms with Crippen molar-refractivity contribution in [3.8, 4) is 0 Å². The summed E-state index contributed by atoms with van der Waals surface area (Å²) in [6.07, 6.45) is 4.01. The van der Waals surface area contributed by atoms with Crippen LogP contribution in [0.15, 0.2) is 0 Å². The summed E-state index contributed by atoms with van der Waals surface area (Å²) in [5.41, 5.74) is 0. The minimum absolute atomic E-state index is 0.0304. The van der Waals surface area contributed by atoms with Crippen molar-refractivity contribution in [2.75, 3.05) is 26.4 Å². The first-order chi connectivity index (χ1) is 7.84. The molecule has 2 atom stereocenters. The van der Waals surface area contributed by atoms with Gasteiger partial charge < -0.3 is 9.47 Å².